The Labute approximate surface area is 139 Å². The summed E-state index contributed by atoms with van der Waals surface area (Å²) in [6.45, 7) is 0. The topological polar surface area (TPSA) is 47.6 Å². The van der Waals surface area contributed by atoms with Crippen LogP contribution in [0.2, 0.25) is 0 Å². The molecule has 4 nitrogen and oxygen atoms in total. The summed E-state index contributed by atoms with van der Waals surface area (Å²) in [6.07, 6.45) is 9.92. The van der Waals surface area contributed by atoms with Gasteiger partial charge in [-0.05, 0) is 37.0 Å². The van der Waals surface area contributed by atoms with E-state index in [2.05, 4.69) is 5.32 Å². The number of carbonyl (C=O) groups is 1. The Morgan fingerprint density at radius 2 is 1.70 bits per heavy atom. The van der Waals surface area contributed by atoms with Crippen molar-refractivity contribution in [2.24, 2.45) is 0 Å². The van der Waals surface area contributed by atoms with Crippen molar-refractivity contribution in [3.05, 3.63) is 23.8 Å². The van der Waals surface area contributed by atoms with E-state index in [0.29, 0.717) is 18.2 Å². The second-order valence-electron chi connectivity index (χ2n) is 6.30. The van der Waals surface area contributed by atoms with E-state index in [4.69, 9.17) is 9.47 Å². The summed E-state index contributed by atoms with van der Waals surface area (Å²) in [4.78, 5) is 12.2. The smallest absolute Gasteiger partial charge is 0.220 e. The van der Waals surface area contributed by atoms with Crippen LogP contribution in [0.15, 0.2) is 18.2 Å². The monoisotopic (exact) mass is 319 g/mol. The van der Waals surface area contributed by atoms with Crippen LogP contribution < -0.4 is 14.8 Å². The first-order valence-electron chi connectivity index (χ1n) is 8.73. The summed E-state index contributed by atoms with van der Waals surface area (Å²) in [5.74, 6) is 1.59. The quantitative estimate of drug-likeness (QED) is 0.866. The molecule has 0 bridgehead atoms. The first-order chi connectivity index (χ1) is 11.2. The van der Waals surface area contributed by atoms with E-state index < -0.39 is 0 Å². The van der Waals surface area contributed by atoms with Gasteiger partial charge in [-0.15, -0.1) is 0 Å². The van der Waals surface area contributed by atoms with Gasteiger partial charge in [0.1, 0.15) is 0 Å². The predicted molar refractivity (Wildman–Crippen MR) is 92.1 cm³/mol. The van der Waals surface area contributed by atoms with Crippen LogP contribution in [0.25, 0.3) is 0 Å². The van der Waals surface area contributed by atoms with Crippen LogP contribution in [0.5, 0.6) is 11.5 Å². The zero-order valence-electron chi connectivity index (χ0n) is 14.4. The van der Waals surface area contributed by atoms with Crippen molar-refractivity contribution in [3.8, 4) is 11.5 Å². The number of nitrogens with one attached hydrogen (secondary N) is 1. The third-order valence-corrected chi connectivity index (χ3v) is 4.56. The Hall–Kier alpha value is -1.71. The van der Waals surface area contributed by atoms with E-state index in [-0.39, 0.29) is 5.91 Å². The Morgan fingerprint density at radius 1 is 1.04 bits per heavy atom. The minimum atomic E-state index is 0.158. The van der Waals surface area contributed by atoms with Gasteiger partial charge in [0.2, 0.25) is 5.91 Å². The number of aryl methyl sites for hydroxylation is 1. The number of benzene rings is 1. The largest absolute Gasteiger partial charge is 0.493 e. The van der Waals surface area contributed by atoms with E-state index >= 15 is 0 Å². The summed E-state index contributed by atoms with van der Waals surface area (Å²) in [6, 6.07) is 6.20. The van der Waals surface area contributed by atoms with Crippen molar-refractivity contribution in [3.63, 3.8) is 0 Å². The molecule has 0 unspecified atom stereocenters. The second kappa shape index (κ2) is 9.43. The fourth-order valence-corrected chi connectivity index (χ4v) is 3.19. The fraction of sp³-hybridized carbons (Fsp3) is 0.632. The van der Waals surface area contributed by atoms with E-state index in [9.17, 15) is 4.79 Å². The van der Waals surface area contributed by atoms with Crippen molar-refractivity contribution >= 4 is 5.91 Å². The number of carbonyl (C=O) groups excluding carboxylic acids is 1. The summed E-state index contributed by atoms with van der Waals surface area (Å²) >= 11 is 0. The van der Waals surface area contributed by atoms with Crippen molar-refractivity contribution in [1.82, 2.24) is 5.32 Å². The van der Waals surface area contributed by atoms with Crippen LogP contribution in [0.1, 0.15) is 56.9 Å². The standard InChI is InChI=1S/C19H29NO3/c1-22-17-12-10-15(14-18(17)23-2)11-13-19(21)20-16-8-6-4-3-5-7-9-16/h10,12,14,16H,3-9,11,13H2,1-2H3,(H,20,21). The van der Waals surface area contributed by atoms with Gasteiger partial charge in [0.25, 0.3) is 0 Å². The molecule has 0 aliphatic heterocycles. The molecule has 0 heterocycles. The normalized spacial score (nSPS) is 16.3. The number of ether oxygens (including phenoxy) is 2. The van der Waals surface area contributed by atoms with Crippen LogP contribution in [-0.2, 0) is 11.2 Å². The summed E-state index contributed by atoms with van der Waals surface area (Å²) < 4.78 is 10.5. The van der Waals surface area contributed by atoms with Gasteiger partial charge in [-0.3, -0.25) is 4.79 Å². The maximum atomic E-state index is 12.2. The summed E-state index contributed by atoms with van der Waals surface area (Å²) in [5.41, 5.74) is 1.09. The van der Waals surface area contributed by atoms with Crippen molar-refractivity contribution in [2.45, 2.75) is 63.8 Å². The minimum absolute atomic E-state index is 0.158. The number of methoxy groups -OCH3 is 2. The molecule has 1 aromatic carbocycles. The molecule has 4 heteroatoms. The van der Waals surface area contributed by atoms with Crippen LogP contribution in [-0.4, -0.2) is 26.2 Å². The lowest BCUT2D eigenvalue weighted by Crippen LogP contribution is -2.35. The Balaban J connectivity index is 1.81. The summed E-state index contributed by atoms with van der Waals surface area (Å²) in [5, 5.41) is 3.21. The maximum Gasteiger partial charge on any atom is 0.220 e. The number of rotatable bonds is 6. The molecule has 0 radical (unpaired) electrons. The first kappa shape index (κ1) is 17.6. The SMILES string of the molecule is COc1ccc(CCC(=O)NC2CCCCCCC2)cc1OC. The highest BCUT2D eigenvalue weighted by molar-refractivity contribution is 5.76. The van der Waals surface area contributed by atoms with Crippen molar-refractivity contribution in [2.75, 3.05) is 14.2 Å². The predicted octanol–water partition coefficient (Wildman–Crippen LogP) is 3.87. The van der Waals surface area contributed by atoms with Crippen LogP contribution in [0.3, 0.4) is 0 Å². The zero-order chi connectivity index (χ0) is 16.5. The fourth-order valence-electron chi connectivity index (χ4n) is 3.19. The summed E-state index contributed by atoms with van der Waals surface area (Å²) in [7, 11) is 3.25. The van der Waals surface area contributed by atoms with Gasteiger partial charge < -0.3 is 14.8 Å². The highest BCUT2D eigenvalue weighted by Gasteiger charge is 2.14. The molecular formula is C19H29NO3. The molecule has 1 aliphatic rings. The molecule has 0 aromatic heterocycles. The Bertz CT molecular complexity index is 493. The van der Waals surface area contributed by atoms with Crippen LogP contribution in [0, 0.1) is 0 Å². The molecule has 0 atom stereocenters. The molecule has 1 aromatic rings. The first-order valence-corrected chi connectivity index (χ1v) is 8.73. The van der Waals surface area contributed by atoms with Gasteiger partial charge in [0.15, 0.2) is 11.5 Å². The highest BCUT2D eigenvalue weighted by atomic mass is 16.5. The van der Waals surface area contributed by atoms with Gasteiger partial charge >= 0.3 is 0 Å². The van der Waals surface area contributed by atoms with Crippen molar-refractivity contribution in [1.29, 1.82) is 0 Å². The van der Waals surface area contributed by atoms with E-state index in [1.165, 1.54) is 32.1 Å². The molecule has 0 spiro atoms. The lowest BCUT2D eigenvalue weighted by molar-refractivity contribution is -0.121. The third-order valence-electron chi connectivity index (χ3n) is 4.56. The van der Waals surface area contributed by atoms with Crippen molar-refractivity contribution < 1.29 is 14.3 Å². The molecule has 1 amide bonds. The van der Waals surface area contributed by atoms with E-state index in [1.807, 2.05) is 18.2 Å². The minimum Gasteiger partial charge on any atom is -0.493 e. The van der Waals surface area contributed by atoms with E-state index in [0.717, 1.165) is 30.6 Å². The van der Waals surface area contributed by atoms with Gasteiger partial charge in [-0.2, -0.15) is 0 Å². The van der Waals surface area contributed by atoms with Crippen LogP contribution >= 0.6 is 0 Å². The van der Waals surface area contributed by atoms with E-state index in [1.54, 1.807) is 14.2 Å². The van der Waals surface area contributed by atoms with Crippen LogP contribution in [0.4, 0.5) is 0 Å². The maximum absolute atomic E-state index is 12.2. The van der Waals surface area contributed by atoms with Gasteiger partial charge in [-0.1, -0.05) is 38.2 Å². The molecule has 23 heavy (non-hydrogen) atoms. The average Bonchev–Trinajstić information content (AvgIpc) is 2.55. The van der Waals surface area contributed by atoms with Gasteiger partial charge in [-0.25, -0.2) is 0 Å². The zero-order valence-corrected chi connectivity index (χ0v) is 14.4. The molecule has 1 N–H and O–H groups in total. The third kappa shape index (κ3) is 5.77. The lowest BCUT2D eigenvalue weighted by Gasteiger charge is -2.21. The molecule has 0 saturated heterocycles. The molecule has 2 rings (SSSR count). The Morgan fingerprint density at radius 3 is 2.35 bits per heavy atom. The molecule has 128 valence electrons. The lowest BCUT2D eigenvalue weighted by atomic mass is 9.96. The molecular weight excluding hydrogens is 290 g/mol. The average molecular weight is 319 g/mol. The van der Waals surface area contributed by atoms with Gasteiger partial charge in [0.05, 0.1) is 14.2 Å². The molecule has 1 aliphatic carbocycles. The molecule has 1 fully saturated rings. The number of amides is 1. The molecule has 1 saturated carbocycles. The Kier molecular flexibility index (Phi) is 7.24. The van der Waals surface area contributed by atoms with Gasteiger partial charge in [0, 0.05) is 12.5 Å². The highest BCUT2D eigenvalue weighted by Crippen LogP contribution is 2.28. The number of hydrogen-bond donors (Lipinski definition) is 1. The second-order valence-corrected chi connectivity index (χ2v) is 6.30. The number of hydrogen-bond acceptors (Lipinski definition) is 3.